The zero-order chi connectivity index (χ0) is 14.8. The second-order valence-electron chi connectivity index (χ2n) is 5.78. The van der Waals surface area contributed by atoms with Crippen molar-refractivity contribution in [1.82, 2.24) is 5.32 Å². The first kappa shape index (κ1) is 14.9. The number of rotatable bonds is 2. The predicted octanol–water partition coefficient (Wildman–Crippen LogP) is 3.29. The molecule has 116 valence electrons. The molecule has 0 saturated carbocycles. The van der Waals surface area contributed by atoms with Crippen LogP contribution in [0.3, 0.4) is 0 Å². The van der Waals surface area contributed by atoms with Crippen LogP contribution in [0, 0.1) is 0 Å². The largest absolute Gasteiger partial charge is 0.489 e. The van der Waals surface area contributed by atoms with Crippen molar-refractivity contribution in [3.63, 3.8) is 0 Å². The van der Waals surface area contributed by atoms with Crippen molar-refractivity contribution in [2.45, 2.75) is 32.3 Å². The van der Waals surface area contributed by atoms with Crippen molar-refractivity contribution < 1.29 is 14.2 Å². The number of hydrogen-bond acceptors (Lipinski definition) is 4. The van der Waals surface area contributed by atoms with Crippen LogP contribution in [-0.2, 0) is 4.74 Å². The molecule has 1 N–H and O–H groups in total. The molecule has 2 aliphatic rings. The molecule has 1 fully saturated rings. The standard InChI is InChI=1S/C16H22ClNO3/c1-10(2)14-15(13-9-18-4-7-20-13)11(17)8-12-16(14)21-6-3-5-19-12/h8,10,13,18H,3-7,9H2,1-2H3. The number of nitrogens with one attached hydrogen (secondary N) is 1. The first-order valence-corrected chi connectivity index (χ1v) is 8.00. The summed E-state index contributed by atoms with van der Waals surface area (Å²) < 4.78 is 17.7. The minimum atomic E-state index is -0.0270. The summed E-state index contributed by atoms with van der Waals surface area (Å²) in [6.45, 7) is 8.01. The minimum Gasteiger partial charge on any atom is -0.489 e. The monoisotopic (exact) mass is 311 g/mol. The van der Waals surface area contributed by atoms with Crippen LogP contribution in [0.5, 0.6) is 11.5 Å². The maximum absolute atomic E-state index is 6.55. The molecule has 0 bridgehead atoms. The van der Waals surface area contributed by atoms with Gasteiger partial charge in [0.05, 0.1) is 30.9 Å². The number of benzene rings is 1. The van der Waals surface area contributed by atoms with Crippen LogP contribution in [0.15, 0.2) is 6.07 Å². The Bertz CT molecular complexity index is 513. The van der Waals surface area contributed by atoms with Crippen LogP contribution in [0.2, 0.25) is 5.02 Å². The lowest BCUT2D eigenvalue weighted by atomic mass is 9.91. The molecule has 0 spiro atoms. The molecule has 1 unspecified atom stereocenters. The van der Waals surface area contributed by atoms with Crippen LogP contribution in [0.1, 0.15) is 43.4 Å². The molecule has 0 radical (unpaired) electrons. The van der Waals surface area contributed by atoms with Crippen LogP contribution in [0.4, 0.5) is 0 Å². The van der Waals surface area contributed by atoms with E-state index in [0.29, 0.717) is 30.8 Å². The number of hydrogen-bond donors (Lipinski definition) is 1. The average Bonchev–Trinajstić information content (AvgIpc) is 2.71. The highest BCUT2D eigenvalue weighted by Gasteiger charge is 2.29. The van der Waals surface area contributed by atoms with Crippen molar-refractivity contribution in [3.8, 4) is 11.5 Å². The molecule has 4 nitrogen and oxygen atoms in total. The number of fused-ring (bicyclic) bond motifs is 1. The molecule has 21 heavy (non-hydrogen) atoms. The quantitative estimate of drug-likeness (QED) is 0.910. The summed E-state index contributed by atoms with van der Waals surface area (Å²) in [7, 11) is 0. The third-order valence-corrected chi connectivity index (χ3v) is 4.21. The van der Waals surface area contributed by atoms with E-state index < -0.39 is 0 Å². The van der Waals surface area contributed by atoms with Crippen LogP contribution in [-0.4, -0.2) is 32.9 Å². The normalized spacial score (nSPS) is 22.2. The van der Waals surface area contributed by atoms with Gasteiger partial charge < -0.3 is 19.5 Å². The zero-order valence-corrected chi connectivity index (χ0v) is 13.3. The minimum absolute atomic E-state index is 0.0270. The Labute approximate surface area is 130 Å². The molecular formula is C16H22ClNO3. The molecule has 2 heterocycles. The van der Waals surface area contributed by atoms with E-state index in [1.165, 1.54) is 0 Å². The van der Waals surface area contributed by atoms with E-state index in [9.17, 15) is 0 Å². The fourth-order valence-electron chi connectivity index (χ4n) is 2.96. The Morgan fingerprint density at radius 2 is 2.05 bits per heavy atom. The maximum atomic E-state index is 6.55. The summed E-state index contributed by atoms with van der Waals surface area (Å²) in [4.78, 5) is 0. The summed E-state index contributed by atoms with van der Waals surface area (Å²) in [5, 5.41) is 4.07. The van der Waals surface area contributed by atoms with E-state index in [4.69, 9.17) is 25.8 Å². The van der Waals surface area contributed by atoms with Gasteiger partial charge in [0.1, 0.15) is 0 Å². The summed E-state index contributed by atoms with van der Waals surface area (Å²) in [5.74, 6) is 1.89. The van der Waals surface area contributed by atoms with E-state index in [1.807, 2.05) is 6.07 Å². The maximum Gasteiger partial charge on any atom is 0.165 e. The summed E-state index contributed by atoms with van der Waals surface area (Å²) in [6.07, 6.45) is 0.863. The third-order valence-electron chi connectivity index (χ3n) is 3.89. The highest BCUT2D eigenvalue weighted by atomic mass is 35.5. The topological polar surface area (TPSA) is 39.7 Å². The lowest BCUT2D eigenvalue weighted by Gasteiger charge is -2.29. The zero-order valence-electron chi connectivity index (χ0n) is 12.6. The number of morpholine rings is 1. The molecule has 1 atom stereocenters. The summed E-state index contributed by atoms with van der Waals surface area (Å²) in [6, 6.07) is 1.88. The Hall–Kier alpha value is -0.970. The van der Waals surface area contributed by atoms with Crippen molar-refractivity contribution >= 4 is 11.6 Å². The molecule has 3 rings (SSSR count). The second kappa shape index (κ2) is 6.42. The van der Waals surface area contributed by atoms with Gasteiger partial charge in [-0.05, 0) is 5.92 Å². The Kier molecular flexibility index (Phi) is 4.57. The van der Waals surface area contributed by atoms with Crippen molar-refractivity contribution in [3.05, 3.63) is 22.2 Å². The molecule has 1 aromatic carbocycles. The number of ether oxygens (including phenoxy) is 3. The van der Waals surface area contributed by atoms with Gasteiger partial charge in [-0.3, -0.25) is 0 Å². The van der Waals surface area contributed by atoms with Gasteiger partial charge in [0.15, 0.2) is 11.5 Å². The van der Waals surface area contributed by atoms with Crippen molar-refractivity contribution in [2.75, 3.05) is 32.9 Å². The first-order valence-electron chi connectivity index (χ1n) is 7.62. The van der Waals surface area contributed by atoms with Gasteiger partial charge in [-0.1, -0.05) is 25.4 Å². The van der Waals surface area contributed by atoms with Gasteiger partial charge in [-0.15, -0.1) is 0 Å². The fourth-order valence-corrected chi connectivity index (χ4v) is 3.29. The van der Waals surface area contributed by atoms with E-state index in [0.717, 1.165) is 42.1 Å². The Morgan fingerprint density at radius 3 is 2.76 bits per heavy atom. The average molecular weight is 312 g/mol. The lowest BCUT2D eigenvalue weighted by Crippen LogP contribution is -2.34. The van der Waals surface area contributed by atoms with E-state index in [-0.39, 0.29) is 6.10 Å². The van der Waals surface area contributed by atoms with Gasteiger partial charge in [0, 0.05) is 36.7 Å². The van der Waals surface area contributed by atoms with E-state index in [1.54, 1.807) is 0 Å². The van der Waals surface area contributed by atoms with Crippen molar-refractivity contribution in [2.24, 2.45) is 0 Å². The highest BCUT2D eigenvalue weighted by molar-refractivity contribution is 6.31. The smallest absolute Gasteiger partial charge is 0.165 e. The van der Waals surface area contributed by atoms with Crippen LogP contribution in [0.25, 0.3) is 0 Å². The van der Waals surface area contributed by atoms with Crippen LogP contribution >= 0.6 is 11.6 Å². The summed E-state index contributed by atoms with van der Waals surface area (Å²) >= 11 is 6.55. The molecule has 5 heteroatoms. The van der Waals surface area contributed by atoms with E-state index >= 15 is 0 Å². The van der Waals surface area contributed by atoms with E-state index in [2.05, 4.69) is 19.2 Å². The molecule has 0 amide bonds. The van der Waals surface area contributed by atoms with Gasteiger partial charge in [-0.25, -0.2) is 0 Å². The predicted molar refractivity (Wildman–Crippen MR) is 82.7 cm³/mol. The van der Waals surface area contributed by atoms with Gasteiger partial charge >= 0.3 is 0 Å². The molecule has 1 saturated heterocycles. The van der Waals surface area contributed by atoms with Gasteiger partial charge in [-0.2, -0.15) is 0 Å². The van der Waals surface area contributed by atoms with Crippen LogP contribution < -0.4 is 14.8 Å². The molecular weight excluding hydrogens is 290 g/mol. The molecule has 1 aromatic rings. The second-order valence-corrected chi connectivity index (χ2v) is 6.19. The molecule has 0 aliphatic carbocycles. The third kappa shape index (κ3) is 2.98. The summed E-state index contributed by atoms with van der Waals surface area (Å²) in [5.41, 5.74) is 2.16. The Morgan fingerprint density at radius 1 is 1.24 bits per heavy atom. The van der Waals surface area contributed by atoms with Crippen molar-refractivity contribution in [1.29, 1.82) is 0 Å². The van der Waals surface area contributed by atoms with Gasteiger partial charge in [0.25, 0.3) is 0 Å². The molecule has 2 aliphatic heterocycles. The Balaban J connectivity index is 2.11. The van der Waals surface area contributed by atoms with Gasteiger partial charge in [0.2, 0.25) is 0 Å². The molecule has 0 aromatic heterocycles. The fraction of sp³-hybridized carbons (Fsp3) is 0.625. The lowest BCUT2D eigenvalue weighted by molar-refractivity contribution is 0.0269. The SMILES string of the molecule is CC(C)c1c2c(cc(Cl)c1C1CNCCO1)OCCCO2. The number of halogens is 1. The highest BCUT2D eigenvalue weighted by Crippen LogP contribution is 2.46. The first-order chi connectivity index (χ1) is 10.2.